The van der Waals surface area contributed by atoms with E-state index in [0.29, 0.717) is 6.42 Å². The molecular formula is C36H56O5Si. The smallest absolute Gasteiger partial charge is 0.335 e. The largest absolute Gasteiger partial charge is 0.456 e. The van der Waals surface area contributed by atoms with Gasteiger partial charge in [-0.1, -0.05) is 115 Å². The fraction of sp³-hybridized carbons (Fsp3) is 0.583. The summed E-state index contributed by atoms with van der Waals surface area (Å²) in [5.74, 6) is -0.973. The van der Waals surface area contributed by atoms with Crippen molar-refractivity contribution in [2.45, 2.75) is 124 Å². The monoisotopic (exact) mass is 596 g/mol. The molecule has 234 valence electrons. The summed E-state index contributed by atoms with van der Waals surface area (Å²) >= 11 is 0. The van der Waals surface area contributed by atoms with Crippen LogP contribution in [0.15, 0.2) is 71.8 Å². The van der Waals surface area contributed by atoms with E-state index in [0.717, 1.165) is 22.3 Å². The molecule has 2 aromatic carbocycles. The lowest BCUT2D eigenvalue weighted by Crippen LogP contribution is -2.49. The van der Waals surface area contributed by atoms with Gasteiger partial charge in [0, 0.05) is 17.3 Å². The molecule has 0 aliphatic carbocycles. The molecule has 2 aromatic rings. The van der Waals surface area contributed by atoms with Gasteiger partial charge < -0.3 is 19.4 Å². The van der Waals surface area contributed by atoms with Gasteiger partial charge in [0.15, 0.2) is 14.4 Å². The van der Waals surface area contributed by atoms with Gasteiger partial charge in [0.25, 0.3) is 0 Å². The maximum atomic E-state index is 14.2. The Morgan fingerprint density at radius 2 is 1.29 bits per heavy atom. The van der Waals surface area contributed by atoms with Crippen molar-refractivity contribution in [1.29, 1.82) is 0 Å². The number of esters is 1. The topological polar surface area (TPSA) is 76.0 Å². The van der Waals surface area contributed by atoms with Crippen molar-refractivity contribution >= 4 is 14.3 Å². The van der Waals surface area contributed by atoms with Crippen LogP contribution in [0.25, 0.3) is 0 Å². The van der Waals surface area contributed by atoms with Gasteiger partial charge in [0.2, 0.25) is 0 Å². The van der Waals surface area contributed by atoms with Gasteiger partial charge >= 0.3 is 5.97 Å². The Bertz CT molecular complexity index is 1130. The highest BCUT2D eigenvalue weighted by Gasteiger charge is 2.45. The van der Waals surface area contributed by atoms with Crippen molar-refractivity contribution in [3.05, 3.63) is 82.9 Å². The number of hydrogen-bond donors (Lipinski definition) is 2. The molecule has 0 aliphatic rings. The third-order valence-corrected chi connectivity index (χ3v) is 14.2. The molecule has 0 aliphatic heterocycles. The number of ether oxygens (including phenoxy) is 1. The maximum Gasteiger partial charge on any atom is 0.335 e. The molecule has 0 saturated carbocycles. The average molecular weight is 597 g/mol. The van der Waals surface area contributed by atoms with Crippen molar-refractivity contribution < 1.29 is 24.2 Å². The second kappa shape index (κ2) is 14.5. The van der Waals surface area contributed by atoms with Crippen LogP contribution in [0.5, 0.6) is 0 Å². The van der Waals surface area contributed by atoms with E-state index in [4.69, 9.17) is 9.16 Å². The molecule has 0 heterocycles. The molecule has 6 heteroatoms. The molecule has 0 amide bonds. The standard InChI is InChI=1S/C36H56O5Si/c1-13-30(37)36(9,10)33(38)26(4)24(2)25(3)27(5)40-34(39)32(41-42(11,12)35(6,7)8)31(28-20-16-14-17-21-28)29-22-18-15-19-23-29/h14-23,26-27,30-33,37-38H,13H2,1-12H3/b25-24+/t26-,27?,30-,32+,33-/m0/s1. The third-order valence-electron chi connectivity index (χ3n) is 9.77. The second-order valence-electron chi connectivity index (χ2n) is 14.0. The minimum absolute atomic E-state index is 0.108. The zero-order chi connectivity index (χ0) is 32.0. The summed E-state index contributed by atoms with van der Waals surface area (Å²) < 4.78 is 13.2. The molecule has 42 heavy (non-hydrogen) atoms. The Hall–Kier alpha value is -2.25. The van der Waals surface area contributed by atoms with Crippen LogP contribution in [0.3, 0.4) is 0 Å². The first kappa shape index (κ1) is 35.9. The quantitative estimate of drug-likeness (QED) is 0.138. The fourth-order valence-corrected chi connectivity index (χ4v) is 6.44. The van der Waals surface area contributed by atoms with Crippen molar-refractivity contribution in [3.8, 4) is 0 Å². The van der Waals surface area contributed by atoms with Crippen molar-refractivity contribution in [1.82, 2.24) is 0 Å². The van der Waals surface area contributed by atoms with Gasteiger partial charge in [0.05, 0.1) is 12.2 Å². The molecule has 1 unspecified atom stereocenters. The molecule has 2 rings (SSSR count). The minimum Gasteiger partial charge on any atom is -0.456 e. The van der Waals surface area contributed by atoms with Crippen LogP contribution in [0, 0.1) is 11.3 Å². The number of aliphatic hydroxyl groups excluding tert-OH is 2. The van der Waals surface area contributed by atoms with E-state index in [1.165, 1.54) is 0 Å². The molecule has 5 nitrogen and oxygen atoms in total. The van der Waals surface area contributed by atoms with Gasteiger partial charge in [-0.3, -0.25) is 0 Å². The van der Waals surface area contributed by atoms with Gasteiger partial charge in [-0.05, 0) is 62.0 Å². The zero-order valence-corrected chi connectivity index (χ0v) is 29.1. The van der Waals surface area contributed by atoms with Crippen LogP contribution in [0.1, 0.15) is 92.7 Å². The third kappa shape index (κ3) is 8.43. The molecule has 0 spiro atoms. The Balaban J connectivity index is 2.51. The number of carbonyl (C=O) groups excluding carboxylic acids is 1. The first-order chi connectivity index (χ1) is 19.4. The number of hydrogen-bond acceptors (Lipinski definition) is 5. The van der Waals surface area contributed by atoms with Crippen LogP contribution < -0.4 is 0 Å². The first-order valence-corrected chi connectivity index (χ1v) is 18.3. The van der Waals surface area contributed by atoms with E-state index in [1.807, 2.05) is 109 Å². The van der Waals surface area contributed by atoms with Gasteiger partial charge in [-0.25, -0.2) is 4.79 Å². The lowest BCUT2D eigenvalue weighted by molar-refractivity contribution is -0.156. The van der Waals surface area contributed by atoms with Crippen LogP contribution in [0.2, 0.25) is 18.1 Å². The number of carbonyl (C=O) groups is 1. The van der Waals surface area contributed by atoms with E-state index in [9.17, 15) is 15.0 Å². The lowest BCUT2D eigenvalue weighted by atomic mass is 9.72. The van der Waals surface area contributed by atoms with Crippen molar-refractivity contribution in [3.63, 3.8) is 0 Å². The maximum absolute atomic E-state index is 14.2. The summed E-state index contributed by atoms with van der Waals surface area (Å²) in [7, 11) is -2.40. The summed E-state index contributed by atoms with van der Waals surface area (Å²) in [4.78, 5) is 14.2. The molecule has 5 atom stereocenters. The SMILES string of the molecule is CC[C@H](O)C(C)(C)[C@@H](O)[C@@H](C)/C(C)=C(\C)C(C)OC(=O)[C@H](O[Si](C)(C)C(C)(C)C)C(c1ccccc1)c1ccccc1. The predicted octanol–water partition coefficient (Wildman–Crippen LogP) is 8.27. The summed E-state index contributed by atoms with van der Waals surface area (Å²) in [6.45, 7) is 24.3. The second-order valence-corrected chi connectivity index (χ2v) is 18.8. The molecule has 0 saturated heterocycles. The minimum atomic E-state index is -2.40. The van der Waals surface area contributed by atoms with E-state index < -0.39 is 44.1 Å². The highest BCUT2D eigenvalue weighted by atomic mass is 28.4. The van der Waals surface area contributed by atoms with E-state index in [1.54, 1.807) is 0 Å². The summed E-state index contributed by atoms with van der Waals surface area (Å²) in [6.07, 6.45) is -2.19. The highest BCUT2D eigenvalue weighted by molar-refractivity contribution is 6.74. The number of aliphatic hydroxyl groups is 2. The van der Waals surface area contributed by atoms with E-state index in [-0.39, 0.29) is 16.9 Å². The Morgan fingerprint density at radius 1 is 0.833 bits per heavy atom. The summed E-state index contributed by atoms with van der Waals surface area (Å²) in [6, 6.07) is 20.1. The van der Waals surface area contributed by atoms with Crippen LogP contribution in [-0.2, 0) is 14.0 Å². The summed E-state index contributed by atoms with van der Waals surface area (Å²) in [5.41, 5.74) is 3.14. The molecule has 0 bridgehead atoms. The fourth-order valence-electron chi connectivity index (χ4n) is 5.22. The number of rotatable bonds is 13. The molecule has 2 N–H and O–H groups in total. The highest BCUT2D eigenvalue weighted by Crippen LogP contribution is 2.41. The van der Waals surface area contributed by atoms with Crippen molar-refractivity contribution in [2.75, 3.05) is 0 Å². The van der Waals surface area contributed by atoms with Gasteiger partial charge in [-0.15, -0.1) is 0 Å². The first-order valence-electron chi connectivity index (χ1n) is 15.4. The van der Waals surface area contributed by atoms with E-state index in [2.05, 4.69) is 33.9 Å². The Morgan fingerprint density at radius 3 is 1.69 bits per heavy atom. The van der Waals surface area contributed by atoms with Crippen molar-refractivity contribution in [2.24, 2.45) is 11.3 Å². The molecule has 0 aromatic heterocycles. The Kier molecular flexibility index (Phi) is 12.4. The van der Waals surface area contributed by atoms with Crippen LogP contribution >= 0.6 is 0 Å². The predicted molar refractivity (Wildman–Crippen MR) is 176 cm³/mol. The zero-order valence-electron chi connectivity index (χ0n) is 28.1. The molecule has 0 radical (unpaired) electrons. The van der Waals surface area contributed by atoms with Crippen LogP contribution in [0.4, 0.5) is 0 Å². The number of benzene rings is 2. The van der Waals surface area contributed by atoms with Crippen LogP contribution in [-0.4, -0.2) is 48.9 Å². The lowest BCUT2D eigenvalue weighted by Gasteiger charge is -2.41. The average Bonchev–Trinajstić information content (AvgIpc) is 2.94. The van der Waals surface area contributed by atoms with E-state index >= 15 is 0 Å². The molecule has 0 fully saturated rings. The summed E-state index contributed by atoms with van der Waals surface area (Å²) in [5, 5.41) is 21.7. The Labute approximate surface area is 256 Å². The normalized spacial score (nSPS) is 17.2. The van der Waals surface area contributed by atoms with Gasteiger partial charge in [0.1, 0.15) is 6.10 Å². The molecular weight excluding hydrogens is 540 g/mol. The van der Waals surface area contributed by atoms with Gasteiger partial charge in [-0.2, -0.15) is 0 Å².